The lowest BCUT2D eigenvalue weighted by molar-refractivity contribution is -0.777. The smallest absolute Gasteiger partial charge is 0.416 e. The van der Waals surface area contributed by atoms with Gasteiger partial charge in [-0.2, -0.15) is 17.5 Å². The Bertz CT molecular complexity index is 424. The lowest BCUT2D eigenvalue weighted by Crippen LogP contribution is -2.06. The maximum atomic E-state index is 12.3. The highest BCUT2D eigenvalue weighted by molar-refractivity contribution is 7.94. The molecule has 0 radical (unpaired) electrons. The van der Waals surface area contributed by atoms with E-state index in [1.807, 2.05) is 0 Å². The first-order valence-corrected chi connectivity index (χ1v) is 4.59. The molecule has 94 valence electrons. The molecule has 0 amide bonds. The number of nitro benzene ring substituents is 1. The maximum Gasteiger partial charge on any atom is 0.416 e. The van der Waals surface area contributed by atoms with Gasteiger partial charge < -0.3 is 5.26 Å². The number of nitro groups is 1. The summed E-state index contributed by atoms with van der Waals surface area (Å²) in [5.74, 6) is 0. The quantitative estimate of drug-likeness (QED) is 0.359. The Balaban J connectivity index is 3.13. The van der Waals surface area contributed by atoms with Crippen LogP contribution in [0.25, 0.3) is 0 Å². The van der Waals surface area contributed by atoms with Gasteiger partial charge in [0.15, 0.2) is 0 Å². The molecule has 0 aliphatic carbocycles. The Hall–Kier alpha value is -1.36. The summed E-state index contributed by atoms with van der Waals surface area (Å²) in [6.07, 6.45) is -4.69. The van der Waals surface area contributed by atoms with Crippen LogP contribution in [0.15, 0.2) is 23.1 Å². The molecule has 6 nitrogen and oxygen atoms in total. The van der Waals surface area contributed by atoms with Gasteiger partial charge in [0.1, 0.15) is 4.90 Å². The van der Waals surface area contributed by atoms with Crippen LogP contribution >= 0.6 is 12.0 Å². The number of rotatable bonds is 4. The Morgan fingerprint density at radius 3 is 2.47 bits per heavy atom. The molecule has 0 fully saturated rings. The van der Waals surface area contributed by atoms with Crippen LogP contribution in [0.2, 0.25) is 0 Å². The molecule has 1 aromatic carbocycles. The normalized spacial score (nSPS) is 11.5. The van der Waals surface area contributed by atoms with Crippen molar-refractivity contribution in [3.8, 4) is 0 Å². The van der Waals surface area contributed by atoms with E-state index < -0.39 is 22.4 Å². The minimum Gasteiger partial charge on any atom is -0.691 e. The van der Waals surface area contributed by atoms with E-state index in [0.29, 0.717) is 12.1 Å². The summed E-state index contributed by atoms with van der Waals surface area (Å²) in [5, 5.41) is 23.0. The molecule has 0 N–H and O–H groups in total. The number of nitrogens with zero attached hydrogens (tertiary/aromatic N) is 1. The molecule has 1 rings (SSSR count). The minimum atomic E-state index is -4.69. The lowest BCUT2D eigenvalue weighted by atomic mass is 10.2. The van der Waals surface area contributed by atoms with E-state index in [-0.39, 0.29) is 16.9 Å². The van der Waals surface area contributed by atoms with Gasteiger partial charge in [-0.25, -0.2) is 0 Å². The SMILES string of the molecule is O=[N+]([O-])c1cc(C(F)(F)F)ccc1SOO[O-]. The van der Waals surface area contributed by atoms with Gasteiger partial charge in [-0.15, -0.1) is 0 Å². The van der Waals surface area contributed by atoms with Crippen molar-refractivity contribution in [1.29, 1.82) is 0 Å². The molecule has 0 aliphatic heterocycles. The van der Waals surface area contributed by atoms with Crippen LogP contribution in [-0.2, 0) is 15.5 Å². The number of hydrogen-bond acceptors (Lipinski definition) is 6. The molecule has 0 heterocycles. The highest BCUT2D eigenvalue weighted by atomic mass is 32.2. The van der Waals surface area contributed by atoms with Gasteiger partial charge in [0.2, 0.25) is 0 Å². The fraction of sp³-hybridized carbons (Fsp3) is 0.143. The minimum absolute atomic E-state index is 0.151. The van der Waals surface area contributed by atoms with Crippen molar-refractivity contribution >= 4 is 17.7 Å². The van der Waals surface area contributed by atoms with Crippen LogP contribution < -0.4 is 5.26 Å². The average molecular weight is 270 g/mol. The van der Waals surface area contributed by atoms with E-state index in [1.165, 1.54) is 0 Å². The Morgan fingerprint density at radius 1 is 1.35 bits per heavy atom. The third kappa shape index (κ3) is 3.56. The fourth-order valence-electron chi connectivity index (χ4n) is 0.957. The summed E-state index contributed by atoms with van der Waals surface area (Å²) in [7, 11) is 0. The second-order valence-corrected chi connectivity index (χ2v) is 3.40. The van der Waals surface area contributed by atoms with E-state index in [9.17, 15) is 28.5 Å². The van der Waals surface area contributed by atoms with Crippen molar-refractivity contribution in [3.05, 3.63) is 33.9 Å². The number of hydrogen-bond donors (Lipinski definition) is 0. The van der Waals surface area contributed by atoms with Gasteiger partial charge >= 0.3 is 6.18 Å². The zero-order valence-electron chi connectivity index (χ0n) is 7.76. The second-order valence-electron chi connectivity index (χ2n) is 2.66. The van der Waals surface area contributed by atoms with Crippen LogP contribution in [0.5, 0.6) is 0 Å². The third-order valence-electron chi connectivity index (χ3n) is 1.63. The topological polar surface area (TPSA) is 84.7 Å². The number of alkyl halides is 3. The number of benzene rings is 1. The van der Waals surface area contributed by atoms with Crippen molar-refractivity contribution in [2.24, 2.45) is 0 Å². The molecule has 0 spiro atoms. The van der Waals surface area contributed by atoms with E-state index >= 15 is 0 Å². The molecule has 10 heteroatoms. The van der Waals surface area contributed by atoms with E-state index in [4.69, 9.17) is 0 Å². The summed E-state index contributed by atoms with van der Waals surface area (Å²) in [4.78, 5) is 9.21. The molecule has 1 aromatic rings. The fourth-order valence-corrected chi connectivity index (χ4v) is 1.40. The first-order chi connectivity index (χ1) is 7.86. The van der Waals surface area contributed by atoms with Crippen LogP contribution in [0.3, 0.4) is 0 Å². The molecule has 0 saturated heterocycles. The first kappa shape index (κ1) is 13.7. The van der Waals surface area contributed by atoms with Gasteiger partial charge in [-0.1, -0.05) is 0 Å². The molecular formula is C7H3F3NO5S-. The molecule has 17 heavy (non-hydrogen) atoms. The Kier molecular flexibility index (Phi) is 4.28. The van der Waals surface area contributed by atoms with Crippen LogP contribution in [0.1, 0.15) is 5.56 Å². The van der Waals surface area contributed by atoms with Crippen LogP contribution in [-0.4, -0.2) is 4.92 Å². The van der Waals surface area contributed by atoms with Gasteiger partial charge in [0.25, 0.3) is 5.69 Å². The summed E-state index contributed by atoms with van der Waals surface area (Å²) < 4.78 is 40.7. The predicted octanol–water partition coefficient (Wildman–Crippen LogP) is 1.84. The van der Waals surface area contributed by atoms with Crippen molar-refractivity contribution in [1.82, 2.24) is 0 Å². The summed E-state index contributed by atoms with van der Waals surface area (Å²) in [6, 6.07) is 1.78. The van der Waals surface area contributed by atoms with Crippen LogP contribution in [0, 0.1) is 10.1 Å². The Morgan fingerprint density at radius 2 is 2.00 bits per heavy atom. The molecular weight excluding hydrogens is 267 g/mol. The zero-order valence-corrected chi connectivity index (χ0v) is 8.58. The zero-order chi connectivity index (χ0) is 13.1. The van der Waals surface area contributed by atoms with Gasteiger partial charge in [-0.3, -0.25) is 15.2 Å². The first-order valence-electron chi connectivity index (χ1n) is 3.85. The van der Waals surface area contributed by atoms with Crippen molar-refractivity contribution < 1.29 is 32.7 Å². The molecule has 0 atom stereocenters. The average Bonchev–Trinajstić information content (AvgIpc) is 2.24. The van der Waals surface area contributed by atoms with Crippen molar-refractivity contribution in [2.45, 2.75) is 11.1 Å². The van der Waals surface area contributed by atoms with Crippen molar-refractivity contribution in [3.63, 3.8) is 0 Å². The largest absolute Gasteiger partial charge is 0.691 e. The predicted molar refractivity (Wildman–Crippen MR) is 46.1 cm³/mol. The molecule has 0 aromatic heterocycles. The van der Waals surface area contributed by atoms with Crippen molar-refractivity contribution in [2.75, 3.05) is 0 Å². The molecule has 0 unspecified atom stereocenters. The second kappa shape index (κ2) is 5.31. The number of halogens is 3. The standard InChI is InChI=1S/C7H4F3NO5S/c8-7(9,10)4-1-2-6(17-16-15-14)5(3-4)11(12)13/h1-3,14H/p-1. The summed E-state index contributed by atoms with van der Waals surface area (Å²) >= 11 is 0.151. The van der Waals surface area contributed by atoms with Gasteiger partial charge in [0, 0.05) is 6.07 Å². The highest BCUT2D eigenvalue weighted by Crippen LogP contribution is 2.36. The monoisotopic (exact) mass is 270 g/mol. The van der Waals surface area contributed by atoms with E-state index in [1.54, 1.807) is 0 Å². The third-order valence-corrected chi connectivity index (χ3v) is 2.28. The van der Waals surface area contributed by atoms with E-state index in [0.717, 1.165) is 6.07 Å². The highest BCUT2D eigenvalue weighted by Gasteiger charge is 2.33. The van der Waals surface area contributed by atoms with Crippen LogP contribution in [0.4, 0.5) is 18.9 Å². The maximum absolute atomic E-state index is 12.3. The van der Waals surface area contributed by atoms with Gasteiger partial charge in [-0.05, 0) is 12.1 Å². The van der Waals surface area contributed by atoms with Gasteiger partial charge in [0.05, 0.1) is 22.5 Å². The molecule has 0 bridgehead atoms. The summed E-state index contributed by atoms with van der Waals surface area (Å²) in [5.41, 5.74) is -2.00. The van der Waals surface area contributed by atoms with E-state index in [2.05, 4.69) is 9.37 Å². The Labute approximate surface area is 96.2 Å². The summed E-state index contributed by atoms with van der Waals surface area (Å²) in [6.45, 7) is 0. The lowest BCUT2D eigenvalue weighted by Gasteiger charge is -2.08. The molecule has 0 aliphatic rings. The molecule has 0 saturated carbocycles.